The summed E-state index contributed by atoms with van der Waals surface area (Å²) in [7, 11) is 0. The number of benzene rings is 3. The summed E-state index contributed by atoms with van der Waals surface area (Å²) < 4.78 is 11.4. The second-order valence-corrected chi connectivity index (χ2v) is 16.8. The fourth-order valence-electron chi connectivity index (χ4n) is 8.71. The molecular weight excluding hydrogens is 637 g/mol. The first-order valence-electron chi connectivity index (χ1n) is 19.4. The number of hydrogen-bond acceptors (Lipinski definition) is 3. The minimum Gasteiger partial charge on any atom is -0.457 e. The maximum absolute atomic E-state index is 6.86. The first kappa shape index (κ1) is 35.7. The third-order valence-corrected chi connectivity index (χ3v) is 11.1. The van der Waals surface area contributed by atoms with Crippen LogP contribution in [-0.2, 0) is 11.8 Å². The maximum Gasteiger partial charge on any atom is 0.137 e. The van der Waals surface area contributed by atoms with Crippen molar-refractivity contribution < 1.29 is 4.74 Å². The number of hydrogen-bond donors (Lipinski definition) is 0. The maximum atomic E-state index is 6.86. The average Bonchev–Trinajstić information content (AvgIpc) is 3.61. The van der Waals surface area contributed by atoms with Crippen molar-refractivity contribution in [2.24, 2.45) is 11.8 Å². The van der Waals surface area contributed by atoms with E-state index in [1.54, 1.807) is 0 Å². The van der Waals surface area contributed by atoms with E-state index >= 15 is 0 Å². The summed E-state index contributed by atoms with van der Waals surface area (Å²) in [6.45, 7) is 22.9. The van der Waals surface area contributed by atoms with Gasteiger partial charge >= 0.3 is 0 Å². The molecule has 0 fully saturated rings. The fourth-order valence-corrected chi connectivity index (χ4v) is 8.71. The van der Waals surface area contributed by atoms with Gasteiger partial charge in [-0.3, -0.25) is 4.57 Å². The first-order valence-corrected chi connectivity index (χ1v) is 19.4. The quantitative estimate of drug-likeness (QED) is 0.142. The minimum absolute atomic E-state index is 0.0880. The van der Waals surface area contributed by atoms with E-state index in [1.165, 1.54) is 51.6 Å². The molecule has 1 aliphatic carbocycles. The molecule has 5 nitrogen and oxygen atoms in total. The molecule has 52 heavy (non-hydrogen) atoms. The summed E-state index contributed by atoms with van der Waals surface area (Å²) >= 11 is 0. The lowest BCUT2D eigenvalue weighted by Crippen LogP contribution is -2.21. The fraction of sp³-hybridized carbons (Fsp3) is 0.404. The van der Waals surface area contributed by atoms with Crippen molar-refractivity contribution >= 4 is 21.8 Å². The van der Waals surface area contributed by atoms with Crippen molar-refractivity contribution in [3.8, 4) is 23.0 Å². The number of allylic oxidation sites excluding steroid dienone is 2. The number of fused-ring (bicyclic) bond motifs is 3. The third kappa shape index (κ3) is 6.71. The smallest absolute Gasteiger partial charge is 0.137 e. The normalized spacial score (nSPS) is 18.1. The number of para-hydroxylation sites is 1. The van der Waals surface area contributed by atoms with E-state index < -0.39 is 0 Å². The largest absolute Gasteiger partial charge is 0.457 e. The standard InChI is InChI=1S/C47H56N4O/c1-11-12-15-34-20-21-48-43(24-34)50-41-17-14-13-16-39(41)40-19-18-37(28-42(40)50)52-38-26-35(47(8,9)10)25-36(27-38)51-46(29(2)3)45(33(7)49-51)44-31(5)22-30(4)23-32(44)6/h13-14,16-22,24-30,32,44H,11-12,15,23H2,1-10H3/t30-,32-,44?/m0/s1. The Balaban J connectivity index is 1.35. The molecule has 0 N–H and O–H groups in total. The topological polar surface area (TPSA) is 44.9 Å². The number of aryl methyl sites for hydroxylation is 2. The number of unbranched alkanes of at least 4 members (excludes halogenated alkanes) is 1. The van der Waals surface area contributed by atoms with Crippen LogP contribution in [0.1, 0.15) is 121 Å². The summed E-state index contributed by atoms with van der Waals surface area (Å²) in [5.74, 6) is 4.40. The predicted molar refractivity (Wildman–Crippen MR) is 218 cm³/mol. The van der Waals surface area contributed by atoms with Crippen LogP contribution in [0.4, 0.5) is 0 Å². The zero-order valence-corrected chi connectivity index (χ0v) is 32.9. The minimum atomic E-state index is -0.0880. The first-order chi connectivity index (χ1) is 24.8. The lowest BCUT2D eigenvalue weighted by Gasteiger charge is -2.33. The number of aromatic nitrogens is 4. The highest BCUT2D eigenvalue weighted by Gasteiger charge is 2.33. The molecule has 0 spiro atoms. The molecule has 0 bridgehead atoms. The molecule has 1 aliphatic rings. The van der Waals surface area contributed by atoms with Crippen LogP contribution in [0.2, 0.25) is 0 Å². The van der Waals surface area contributed by atoms with E-state index in [4.69, 9.17) is 14.8 Å². The van der Waals surface area contributed by atoms with Gasteiger partial charge in [0.1, 0.15) is 17.3 Å². The van der Waals surface area contributed by atoms with Crippen LogP contribution in [0.3, 0.4) is 0 Å². The van der Waals surface area contributed by atoms with E-state index in [1.807, 2.05) is 6.20 Å². The molecule has 0 saturated carbocycles. The average molecular weight is 693 g/mol. The number of rotatable bonds is 9. The van der Waals surface area contributed by atoms with Gasteiger partial charge in [0.05, 0.1) is 28.1 Å². The summed E-state index contributed by atoms with van der Waals surface area (Å²) in [5, 5.41) is 7.69. The summed E-state index contributed by atoms with van der Waals surface area (Å²) in [6.07, 6.45) is 9.01. The van der Waals surface area contributed by atoms with E-state index in [0.29, 0.717) is 23.7 Å². The lowest BCUT2D eigenvalue weighted by atomic mass is 9.71. The van der Waals surface area contributed by atoms with Gasteiger partial charge in [-0.1, -0.05) is 91.7 Å². The van der Waals surface area contributed by atoms with E-state index in [2.05, 4.69) is 157 Å². The van der Waals surface area contributed by atoms with Gasteiger partial charge in [-0.05, 0) is 110 Å². The third-order valence-electron chi connectivity index (χ3n) is 11.1. The van der Waals surface area contributed by atoms with Gasteiger partial charge in [0.2, 0.25) is 0 Å². The van der Waals surface area contributed by atoms with Crippen molar-refractivity contribution in [3.63, 3.8) is 0 Å². The number of nitrogens with zero attached hydrogens (tertiary/aromatic N) is 4. The summed E-state index contributed by atoms with van der Waals surface area (Å²) in [6, 6.07) is 26.1. The van der Waals surface area contributed by atoms with Crippen LogP contribution in [0.5, 0.6) is 11.5 Å². The van der Waals surface area contributed by atoms with Crippen molar-refractivity contribution in [2.45, 2.75) is 112 Å². The lowest BCUT2D eigenvalue weighted by molar-refractivity contribution is 0.389. The Kier molecular flexibility index (Phi) is 9.67. The Morgan fingerprint density at radius 2 is 1.65 bits per heavy atom. The highest BCUT2D eigenvalue weighted by molar-refractivity contribution is 6.09. The van der Waals surface area contributed by atoms with E-state index in [-0.39, 0.29) is 5.41 Å². The molecule has 6 aromatic rings. The molecule has 3 heterocycles. The molecule has 0 radical (unpaired) electrons. The zero-order chi connectivity index (χ0) is 36.9. The van der Waals surface area contributed by atoms with Gasteiger partial charge in [-0.15, -0.1) is 0 Å². The Labute approximate surface area is 310 Å². The van der Waals surface area contributed by atoms with Crippen LogP contribution >= 0.6 is 0 Å². The van der Waals surface area contributed by atoms with E-state index in [9.17, 15) is 0 Å². The van der Waals surface area contributed by atoms with Crippen molar-refractivity contribution in [3.05, 3.63) is 119 Å². The Morgan fingerprint density at radius 1 is 0.885 bits per heavy atom. The molecule has 3 atom stereocenters. The molecule has 0 aliphatic heterocycles. The van der Waals surface area contributed by atoms with Crippen molar-refractivity contribution in [2.75, 3.05) is 0 Å². The number of ether oxygens (including phenoxy) is 1. The highest BCUT2D eigenvalue weighted by Crippen LogP contribution is 2.45. The molecule has 1 unspecified atom stereocenters. The predicted octanol–water partition coefficient (Wildman–Crippen LogP) is 12.9. The second kappa shape index (κ2) is 14.1. The highest BCUT2D eigenvalue weighted by atomic mass is 16.5. The van der Waals surface area contributed by atoms with Gasteiger partial charge in [0.15, 0.2) is 0 Å². The van der Waals surface area contributed by atoms with Crippen LogP contribution in [-0.4, -0.2) is 19.3 Å². The Hall–Kier alpha value is -4.64. The van der Waals surface area contributed by atoms with Crippen LogP contribution < -0.4 is 4.74 Å². The molecule has 0 saturated heterocycles. The van der Waals surface area contributed by atoms with Crippen molar-refractivity contribution in [1.82, 2.24) is 19.3 Å². The van der Waals surface area contributed by atoms with Gasteiger partial charge in [-0.2, -0.15) is 5.10 Å². The zero-order valence-electron chi connectivity index (χ0n) is 32.9. The molecule has 3 aromatic carbocycles. The SMILES string of the molecule is CCCCc1ccnc(-n2c3ccccc3c3ccc(Oc4cc(-n5nc(C)c(C6C(C)=C[C@H](C)C[C@@H]6C)c5C(C)C)cc(C(C)(C)C)c4)cc32)c1. The molecule has 0 amide bonds. The van der Waals surface area contributed by atoms with Crippen LogP contribution in [0.25, 0.3) is 33.3 Å². The second-order valence-electron chi connectivity index (χ2n) is 16.8. The molecule has 5 heteroatoms. The summed E-state index contributed by atoms with van der Waals surface area (Å²) in [4.78, 5) is 4.87. The Bertz CT molecular complexity index is 2280. The molecule has 3 aromatic heterocycles. The van der Waals surface area contributed by atoms with Gasteiger partial charge in [-0.25, -0.2) is 9.67 Å². The van der Waals surface area contributed by atoms with Gasteiger partial charge < -0.3 is 4.74 Å². The molecule has 270 valence electrons. The molecule has 7 rings (SSSR count). The van der Waals surface area contributed by atoms with E-state index in [0.717, 1.165) is 52.6 Å². The monoisotopic (exact) mass is 692 g/mol. The summed E-state index contributed by atoms with van der Waals surface area (Å²) in [5.41, 5.74) is 11.0. The number of pyridine rings is 1. The van der Waals surface area contributed by atoms with Gasteiger partial charge in [0, 0.05) is 40.6 Å². The van der Waals surface area contributed by atoms with Gasteiger partial charge in [0.25, 0.3) is 0 Å². The van der Waals surface area contributed by atoms with Crippen molar-refractivity contribution in [1.29, 1.82) is 0 Å². The Morgan fingerprint density at radius 3 is 2.38 bits per heavy atom. The van der Waals surface area contributed by atoms with Crippen LogP contribution in [0, 0.1) is 18.8 Å². The van der Waals surface area contributed by atoms with Crippen LogP contribution in [0.15, 0.2) is 90.6 Å². The molecular formula is C47H56N4O.